The topological polar surface area (TPSA) is 140 Å². The summed E-state index contributed by atoms with van der Waals surface area (Å²) >= 11 is 17.5. The molecule has 9 rings (SSSR count). The van der Waals surface area contributed by atoms with E-state index in [0.29, 0.717) is 78.9 Å². The van der Waals surface area contributed by atoms with E-state index < -0.39 is 23.4 Å². The van der Waals surface area contributed by atoms with Crippen molar-refractivity contribution in [3.63, 3.8) is 0 Å². The van der Waals surface area contributed by atoms with Crippen LogP contribution >= 0.6 is 34.8 Å². The summed E-state index contributed by atoms with van der Waals surface area (Å²) in [6.45, 7) is 11.5. The number of amides is 2. The third kappa shape index (κ3) is 10.8. The monoisotopic (exact) mass is 999 g/mol. The van der Waals surface area contributed by atoms with Gasteiger partial charge in [0, 0.05) is 104 Å². The van der Waals surface area contributed by atoms with Crippen molar-refractivity contribution in [1.82, 2.24) is 34.3 Å². The summed E-state index contributed by atoms with van der Waals surface area (Å²) in [6.07, 6.45) is 7.40. The van der Waals surface area contributed by atoms with E-state index in [2.05, 4.69) is 19.9 Å². The highest BCUT2D eigenvalue weighted by atomic mass is 35.5. The van der Waals surface area contributed by atoms with Gasteiger partial charge < -0.3 is 29.4 Å². The van der Waals surface area contributed by atoms with E-state index in [0.717, 1.165) is 48.2 Å². The Morgan fingerprint density at radius 1 is 0.638 bits per heavy atom. The van der Waals surface area contributed by atoms with Crippen LogP contribution in [0, 0.1) is 59.0 Å². The lowest BCUT2D eigenvalue weighted by Gasteiger charge is -2.20. The van der Waals surface area contributed by atoms with E-state index in [1.54, 1.807) is 73.4 Å². The van der Waals surface area contributed by atoms with Crippen LogP contribution in [0.5, 0.6) is 0 Å². The SMILES string of the molecule is Cc1[nH]c(C(=O)N(C)C2CC2)c(-c2ccc(Cl)cc2F)c1C.Cc1[nH]c(C(=O)O)c(-c2ccc(Cl)cc2F)c1C.Cc1c(-c2ccc(Cl)cc2F)c(C(=O)N(C)C2CC2)n(Cc2ncccn2)c1C. The van der Waals surface area contributed by atoms with Gasteiger partial charge in [-0.15, -0.1) is 0 Å². The van der Waals surface area contributed by atoms with Crippen molar-refractivity contribution in [2.24, 2.45) is 0 Å². The normalized spacial score (nSPS) is 13.0. The summed E-state index contributed by atoms with van der Waals surface area (Å²) in [7, 11) is 3.61. The first kappa shape index (κ1) is 50.5. The zero-order valence-corrected chi connectivity index (χ0v) is 41.6. The summed E-state index contributed by atoms with van der Waals surface area (Å²) in [5.41, 5.74) is 8.43. The zero-order valence-electron chi connectivity index (χ0n) is 39.3. The third-order valence-corrected chi connectivity index (χ3v) is 13.5. The van der Waals surface area contributed by atoms with Gasteiger partial charge >= 0.3 is 5.97 Å². The number of carbonyl (C=O) groups is 3. The number of carboxylic acids is 1. The summed E-state index contributed by atoms with van der Waals surface area (Å²) in [5, 5.41) is 10.1. The average molecular weight is 1000 g/mol. The van der Waals surface area contributed by atoms with E-state index in [-0.39, 0.29) is 34.1 Å². The number of nitrogens with one attached hydrogen (secondary N) is 2. The highest BCUT2D eigenvalue weighted by molar-refractivity contribution is 6.31. The quantitative estimate of drug-likeness (QED) is 0.125. The minimum absolute atomic E-state index is 0.00813. The van der Waals surface area contributed by atoms with Crippen molar-refractivity contribution in [3.05, 3.63) is 162 Å². The fourth-order valence-electron chi connectivity index (χ4n) is 8.27. The number of halogens is 6. The van der Waals surface area contributed by atoms with Crippen molar-refractivity contribution >= 4 is 52.6 Å². The Kier molecular flexibility index (Phi) is 15.2. The summed E-state index contributed by atoms with van der Waals surface area (Å²) in [5.74, 6) is -2.14. The van der Waals surface area contributed by atoms with Crippen LogP contribution in [-0.4, -0.2) is 83.4 Å². The fraction of sp³-hybridized carbons (Fsp3) is 0.288. The molecule has 3 aromatic carbocycles. The number of H-pyrrole nitrogens is 2. The summed E-state index contributed by atoms with van der Waals surface area (Å²) < 4.78 is 44.9. The predicted octanol–water partition coefficient (Wildman–Crippen LogP) is 12.8. The molecule has 17 heteroatoms. The lowest BCUT2D eigenvalue weighted by atomic mass is 10.00. The molecule has 0 unspecified atom stereocenters. The first-order valence-corrected chi connectivity index (χ1v) is 23.3. The maximum atomic E-state index is 14.9. The second-order valence-corrected chi connectivity index (χ2v) is 18.7. The minimum Gasteiger partial charge on any atom is -0.477 e. The predicted molar refractivity (Wildman–Crippen MR) is 264 cm³/mol. The molecular weight excluding hydrogens is 950 g/mol. The molecule has 69 heavy (non-hydrogen) atoms. The molecule has 360 valence electrons. The first-order chi connectivity index (χ1) is 32.7. The van der Waals surface area contributed by atoms with Crippen molar-refractivity contribution < 1.29 is 32.7 Å². The molecule has 2 fully saturated rings. The van der Waals surface area contributed by atoms with Crippen LogP contribution in [0.3, 0.4) is 0 Å². The van der Waals surface area contributed by atoms with Gasteiger partial charge in [-0.2, -0.15) is 0 Å². The molecule has 11 nitrogen and oxygen atoms in total. The molecule has 4 heterocycles. The van der Waals surface area contributed by atoms with E-state index in [1.165, 1.54) is 30.3 Å². The van der Waals surface area contributed by atoms with Crippen LogP contribution in [-0.2, 0) is 6.54 Å². The van der Waals surface area contributed by atoms with Gasteiger partial charge in [-0.3, -0.25) is 9.59 Å². The first-order valence-electron chi connectivity index (χ1n) is 22.2. The molecule has 0 spiro atoms. The van der Waals surface area contributed by atoms with Gasteiger partial charge in [0.2, 0.25) is 0 Å². The summed E-state index contributed by atoms with van der Waals surface area (Å²) in [4.78, 5) is 55.3. The molecular formula is C52H51Cl3F3N7O4. The molecule has 0 radical (unpaired) electrons. The number of carbonyl (C=O) groups excluding carboxylic acids is 2. The van der Waals surface area contributed by atoms with Crippen LogP contribution in [0.15, 0.2) is 73.1 Å². The number of hydrogen-bond donors (Lipinski definition) is 3. The van der Waals surface area contributed by atoms with Crippen LogP contribution in [0.2, 0.25) is 15.1 Å². The minimum atomic E-state index is -1.12. The van der Waals surface area contributed by atoms with Gasteiger partial charge in [-0.1, -0.05) is 34.8 Å². The molecule has 4 aromatic heterocycles. The number of benzene rings is 3. The average Bonchev–Trinajstić information content (AvgIpc) is 4.25. The molecule has 2 amide bonds. The van der Waals surface area contributed by atoms with Gasteiger partial charge in [0.05, 0.1) is 6.54 Å². The standard InChI is InChI=1S/C22H22ClFN4O.C17H18ClFN2O.C13H11ClFNO2/c1-13-14(2)28(12-19-25-9-4-10-26-19)21(22(29)27(3)16-6-7-16)20(13)17-8-5-15(23)11-18(17)24;1-9-10(2)20-16(17(22)21(3)12-5-6-12)15(9)13-7-4-11(18)8-14(13)19;1-6-7(2)16-12(13(17)18)11(6)9-4-3-8(14)5-10(9)15/h4-5,8-11,16H,6-7,12H2,1-3H3;4,7-8,12,20H,5-6H2,1-3H3;3-5,16H,1-2H3,(H,17,18). The van der Waals surface area contributed by atoms with Gasteiger partial charge in [-0.05, 0) is 145 Å². The highest BCUT2D eigenvalue weighted by Crippen LogP contribution is 2.39. The Balaban J connectivity index is 0.000000158. The molecule has 0 aliphatic heterocycles. The highest BCUT2D eigenvalue weighted by Gasteiger charge is 2.36. The second-order valence-electron chi connectivity index (χ2n) is 17.4. The van der Waals surface area contributed by atoms with Crippen molar-refractivity contribution in [3.8, 4) is 33.4 Å². The molecule has 7 aromatic rings. The molecule has 2 aliphatic rings. The number of aromatic nitrogens is 5. The number of rotatable bonds is 10. The maximum absolute atomic E-state index is 14.9. The van der Waals surface area contributed by atoms with E-state index in [9.17, 15) is 27.6 Å². The number of aromatic amines is 2. The third-order valence-electron chi connectivity index (χ3n) is 12.8. The number of carboxylic acid groups (broad SMARTS) is 1. The Bertz CT molecular complexity index is 3110. The van der Waals surface area contributed by atoms with Gasteiger partial charge in [-0.25, -0.2) is 27.9 Å². The Morgan fingerprint density at radius 2 is 1.04 bits per heavy atom. The molecule has 3 N–H and O–H groups in total. The van der Waals surface area contributed by atoms with E-state index >= 15 is 0 Å². The second kappa shape index (κ2) is 20.7. The molecule has 0 saturated heterocycles. The largest absolute Gasteiger partial charge is 0.477 e. The Morgan fingerprint density at radius 3 is 1.46 bits per heavy atom. The van der Waals surface area contributed by atoms with Crippen molar-refractivity contribution in [2.45, 2.75) is 85.9 Å². The Labute approximate surface area is 413 Å². The smallest absolute Gasteiger partial charge is 0.352 e. The van der Waals surface area contributed by atoms with Crippen LogP contribution in [0.25, 0.3) is 33.4 Å². The van der Waals surface area contributed by atoms with Gasteiger partial charge in [0.1, 0.15) is 40.4 Å². The lowest BCUT2D eigenvalue weighted by Crippen LogP contribution is -2.31. The fourth-order valence-corrected chi connectivity index (χ4v) is 8.75. The van der Waals surface area contributed by atoms with Gasteiger partial charge in [0.15, 0.2) is 0 Å². The van der Waals surface area contributed by atoms with Crippen LogP contribution < -0.4 is 0 Å². The molecule has 2 saturated carbocycles. The van der Waals surface area contributed by atoms with Crippen LogP contribution in [0.4, 0.5) is 13.2 Å². The van der Waals surface area contributed by atoms with Gasteiger partial charge in [0.25, 0.3) is 11.8 Å². The number of aromatic carboxylic acids is 1. The number of nitrogens with zero attached hydrogens (tertiary/aromatic N) is 5. The molecule has 0 atom stereocenters. The van der Waals surface area contributed by atoms with Crippen LogP contribution in [0.1, 0.15) is 96.7 Å². The number of aryl methyl sites for hydroxylation is 2. The van der Waals surface area contributed by atoms with Crippen molar-refractivity contribution in [2.75, 3.05) is 14.1 Å². The Hall–Kier alpha value is -6.35. The lowest BCUT2D eigenvalue weighted by molar-refractivity contribution is 0.0690. The maximum Gasteiger partial charge on any atom is 0.352 e. The van der Waals surface area contributed by atoms with Crippen molar-refractivity contribution in [1.29, 1.82) is 0 Å². The zero-order chi connectivity index (χ0) is 50.2. The summed E-state index contributed by atoms with van der Waals surface area (Å²) in [6, 6.07) is 15.6. The number of hydrogen-bond acceptors (Lipinski definition) is 5. The van der Waals surface area contributed by atoms with E-state index in [1.807, 2.05) is 39.3 Å². The van der Waals surface area contributed by atoms with E-state index in [4.69, 9.17) is 39.9 Å². The molecule has 2 aliphatic carbocycles. The molecule has 0 bridgehead atoms.